The van der Waals surface area contributed by atoms with E-state index in [1.807, 2.05) is 20.8 Å². The highest BCUT2D eigenvalue weighted by molar-refractivity contribution is 7.32. The third kappa shape index (κ3) is 5.40. The predicted octanol–water partition coefficient (Wildman–Crippen LogP) is 3.42. The number of alkyl halides is 1. The normalized spacial score (nSPS) is 13.5. The van der Waals surface area contributed by atoms with Gasteiger partial charge in [0, 0.05) is 15.7 Å². The quantitative estimate of drug-likeness (QED) is 0.756. The Morgan fingerprint density at radius 1 is 1.48 bits per heavy atom. The van der Waals surface area contributed by atoms with E-state index in [0.717, 1.165) is 6.42 Å². The van der Waals surface area contributed by atoms with Crippen molar-refractivity contribution in [1.82, 2.24) is 5.32 Å². The molecule has 0 heterocycles. The molecule has 0 aliphatic heterocycles. The van der Waals surface area contributed by atoms with Crippen molar-refractivity contribution in [1.29, 1.82) is 0 Å². The lowest BCUT2D eigenvalue weighted by Crippen LogP contribution is -2.44. The molecule has 0 aromatic heterocycles. The van der Waals surface area contributed by atoms with Gasteiger partial charge in [-0.05, 0) is 26.3 Å². The second kappa shape index (κ2) is 7.48. The zero-order valence-corrected chi connectivity index (χ0v) is 13.2. The summed E-state index contributed by atoms with van der Waals surface area (Å²) >= 11 is 0. The topological polar surface area (TPSA) is 75.6 Å². The predicted molar refractivity (Wildman–Crippen MR) is 77.9 cm³/mol. The van der Waals surface area contributed by atoms with Gasteiger partial charge in [-0.25, -0.2) is 8.91 Å². The molecule has 0 aliphatic carbocycles. The molecule has 0 aliphatic rings. The fraction of sp³-hybridized carbons (Fsp3) is 0.500. The lowest BCUT2D eigenvalue weighted by molar-refractivity contribution is -0.128. The van der Waals surface area contributed by atoms with Gasteiger partial charge in [-0.2, -0.15) is 0 Å². The first-order valence-corrected chi connectivity index (χ1v) is 7.79. The van der Waals surface area contributed by atoms with Crippen LogP contribution in [0.2, 0.25) is 0 Å². The summed E-state index contributed by atoms with van der Waals surface area (Å²) in [5.74, 6) is -0.908. The maximum atomic E-state index is 14.3. The molecule has 0 saturated heterocycles. The summed E-state index contributed by atoms with van der Waals surface area (Å²) in [6, 6.07) is 5.76. The summed E-state index contributed by atoms with van der Waals surface area (Å²) in [6.07, 6.45) is -0.395. The molecular weight excluding hydrogens is 296 g/mol. The summed E-state index contributed by atoms with van der Waals surface area (Å²) in [4.78, 5) is 20.8. The van der Waals surface area contributed by atoms with Crippen LogP contribution < -0.4 is 9.84 Å². The third-order valence-electron chi connectivity index (χ3n) is 2.94. The van der Waals surface area contributed by atoms with Crippen LogP contribution in [-0.4, -0.2) is 16.3 Å². The zero-order valence-electron chi connectivity index (χ0n) is 12.3. The van der Waals surface area contributed by atoms with Crippen molar-refractivity contribution in [2.45, 2.75) is 45.3 Å². The van der Waals surface area contributed by atoms with Gasteiger partial charge < -0.3 is 5.32 Å². The highest BCUT2D eigenvalue weighted by Gasteiger charge is 2.30. The van der Waals surface area contributed by atoms with Crippen LogP contribution in [0.4, 0.5) is 4.39 Å². The number of rotatable bonds is 7. The number of carbonyl (C=O) groups excluding carboxylic acids is 1. The van der Waals surface area contributed by atoms with E-state index in [-0.39, 0.29) is 11.3 Å². The maximum absolute atomic E-state index is 14.3. The molecule has 0 fully saturated rings. The Hall–Kier alpha value is -1.52. The van der Waals surface area contributed by atoms with Gasteiger partial charge >= 0.3 is 8.25 Å². The van der Waals surface area contributed by atoms with Crippen LogP contribution in [0.25, 0.3) is 0 Å². The first-order valence-electron chi connectivity index (χ1n) is 6.66. The van der Waals surface area contributed by atoms with Crippen molar-refractivity contribution in [3.05, 3.63) is 29.8 Å². The first-order chi connectivity index (χ1) is 9.76. The van der Waals surface area contributed by atoms with Gasteiger partial charge in [0.15, 0.2) is 5.75 Å². The minimum absolute atomic E-state index is 0.0697. The van der Waals surface area contributed by atoms with Crippen LogP contribution in [0.1, 0.15) is 45.3 Å². The van der Waals surface area contributed by atoms with Crippen LogP contribution in [0, 0.1) is 0 Å². The molecular formula is C14H20FNO4P+. The fourth-order valence-electron chi connectivity index (χ4n) is 2.08. The zero-order chi connectivity index (χ0) is 16.0. The minimum Gasteiger partial charge on any atom is -0.348 e. The molecule has 0 radical (unpaired) electrons. The van der Waals surface area contributed by atoms with E-state index in [4.69, 9.17) is 4.89 Å². The molecule has 1 aromatic carbocycles. The van der Waals surface area contributed by atoms with E-state index in [2.05, 4.69) is 9.84 Å². The Balaban J connectivity index is 2.90. The van der Waals surface area contributed by atoms with E-state index in [1.165, 1.54) is 24.3 Å². The van der Waals surface area contributed by atoms with E-state index < -0.39 is 25.9 Å². The molecule has 5 nitrogen and oxygen atoms in total. The molecule has 21 heavy (non-hydrogen) atoms. The number of para-hydroxylation sites is 1. The molecule has 0 saturated carbocycles. The van der Waals surface area contributed by atoms with E-state index in [9.17, 15) is 13.8 Å². The number of hydrogen-bond acceptors (Lipinski definition) is 3. The lowest BCUT2D eigenvalue weighted by atomic mass is 9.98. The highest BCUT2D eigenvalue weighted by Crippen LogP contribution is 2.33. The minimum atomic E-state index is -2.92. The van der Waals surface area contributed by atoms with Crippen LogP contribution in [0.3, 0.4) is 0 Å². The van der Waals surface area contributed by atoms with E-state index in [1.54, 1.807) is 0 Å². The molecule has 1 amide bonds. The third-order valence-corrected chi connectivity index (χ3v) is 3.29. The maximum Gasteiger partial charge on any atom is 0.747 e. The van der Waals surface area contributed by atoms with Crippen LogP contribution in [0.5, 0.6) is 5.75 Å². The van der Waals surface area contributed by atoms with Crippen molar-refractivity contribution < 1.29 is 23.2 Å². The largest absolute Gasteiger partial charge is 0.747 e. The smallest absolute Gasteiger partial charge is 0.348 e. The SMILES string of the molecule is CCCC(C)(C)NC(=O)C(F)c1ccccc1O[P+](=O)O. The molecule has 7 heteroatoms. The lowest BCUT2D eigenvalue weighted by Gasteiger charge is -2.26. The summed E-state index contributed by atoms with van der Waals surface area (Å²) in [5, 5.41) is 2.63. The number of hydrogen-bond donors (Lipinski definition) is 2. The Bertz CT molecular complexity index is 521. The second-order valence-corrected chi connectivity index (χ2v) is 6.01. The van der Waals surface area contributed by atoms with Crippen molar-refractivity contribution in [2.75, 3.05) is 0 Å². The highest BCUT2D eigenvalue weighted by atomic mass is 31.1. The molecule has 2 unspecified atom stereocenters. The van der Waals surface area contributed by atoms with Gasteiger partial charge in [-0.15, -0.1) is 4.89 Å². The standard InChI is InChI=1S/C14H19FNO4P/c1-4-9-14(2,3)16-13(17)12(15)10-7-5-6-8-11(10)20-21(18)19/h5-8,12H,4,9H2,1-3H3,(H-,16,17,18,19)/p+1. The Morgan fingerprint density at radius 2 is 2.10 bits per heavy atom. The van der Waals surface area contributed by atoms with Crippen molar-refractivity contribution in [3.63, 3.8) is 0 Å². The Morgan fingerprint density at radius 3 is 2.67 bits per heavy atom. The molecule has 2 N–H and O–H groups in total. The Kier molecular flexibility index (Phi) is 6.24. The molecule has 2 atom stereocenters. The number of amides is 1. The van der Waals surface area contributed by atoms with Crippen molar-refractivity contribution in [3.8, 4) is 5.75 Å². The number of carbonyl (C=O) groups is 1. The van der Waals surface area contributed by atoms with Crippen LogP contribution in [-0.2, 0) is 9.36 Å². The summed E-state index contributed by atoms with van der Waals surface area (Å²) < 4.78 is 29.7. The van der Waals surface area contributed by atoms with E-state index in [0.29, 0.717) is 6.42 Å². The monoisotopic (exact) mass is 316 g/mol. The fourth-order valence-corrected chi connectivity index (χ4v) is 2.42. The molecule has 0 bridgehead atoms. The second-order valence-electron chi connectivity index (χ2n) is 5.35. The van der Waals surface area contributed by atoms with Crippen LogP contribution >= 0.6 is 8.25 Å². The summed E-state index contributed by atoms with van der Waals surface area (Å²) in [7, 11) is -2.92. The van der Waals surface area contributed by atoms with Crippen molar-refractivity contribution in [2.24, 2.45) is 0 Å². The van der Waals surface area contributed by atoms with Gasteiger partial charge in [0.25, 0.3) is 5.91 Å². The van der Waals surface area contributed by atoms with Gasteiger partial charge in [-0.3, -0.25) is 4.79 Å². The first kappa shape index (κ1) is 17.5. The van der Waals surface area contributed by atoms with Gasteiger partial charge in [0.1, 0.15) is 0 Å². The average Bonchev–Trinajstić information content (AvgIpc) is 2.37. The summed E-state index contributed by atoms with van der Waals surface area (Å²) in [5.41, 5.74) is -0.589. The molecule has 1 rings (SSSR count). The summed E-state index contributed by atoms with van der Waals surface area (Å²) in [6.45, 7) is 5.60. The van der Waals surface area contributed by atoms with Crippen molar-refractivity contribution >= 4 is 14.2 Å². The average molecular weight is 316 g/mol. The molecule has 116 valence electrons. The number of halogens is 1. The van der Waals surface area contributed by atoms with Crippen LogP contribution in [0.15, 0.2) is 24.3 Å². The van der Waals surface area contributed by atoms with E-state index >= 15 is 0 Å². The van der Waals surface area contributed by atoms with Gasteiger partial charge in [0.2, 0.25) is 6.17 Å². The van der Waals surface area contributed by atoms with Gasteiger partial charge in [-0.1, -0.05) is 31.5 Å². The molecule has 0 spiro atoms. The Labute approximate surface area is 124 Å². The molecule has 1 aromatic rings. The number of benzene rings is 1. The van der Waals surface area contributed by atoms with Gasteiger partial charge in [0.05, 0.1) is 0 Å². The number of nitrogens with one attached hydrogen (secondary N) is 1.